The van der Waals surface area contributed by atoms with E-state index in [9.17, 15) is 19.5 Å². The van der Waals surface area contributed by atoms with Crippen LogP contribution in [0.5, 0.6) is 0 Å². The average Bonchev–Trinajstić information content (AvgIpc) is 2.71. The number of carbonyl (C=O) groups excluding carboxylic acids is 2. The molecule has 0 aliphatic carbocycles. The first-order chi connectivity index (χ1) is 14.3. The first kappa shape index (κ1) is 23.0. The number of aliphatic hydroxyl groups is 1. The van der Waals surface area contributed by atoms with E-state index in [1.165, 1.54) is 6.20 Å². The van der Waals surface area contributed by atoms with Gasteiger partial charge in [0.05, 0.1) is 18.6 Å². The molecule has 1 aromatic carbocycles. The molecule has 0 aliphatic rings. The lowest BCUT2D eigenvalue weighted by Crippen LogP contribution is -2.55. The van der Waals surface area contributed by atoms with Gasteiger partial charge in [0.2, 0.25) is 5.91 Å². The van der Waals surface area contributed by atoms with E-state index in [-0.39, 0.29) is 18.0 Å². The van der Waals surface area contributed by atoms with Crippen molar-refractivity contribution in [3.63, 3.8) is 0 Å². The molecule has 2 amide bonds. The van der Waals surface area contributed by atoms with E-state index in [4.69, 9.17) is 5.11 Å². The van der Waals surface area contributed by atoms with E-state index in [1.807, 2.05) is 30.3 Å². The molecule has 0 radical (unpaired) electrons. The molecule has 0 bridgehead atoms. The van der Waals surface area contributed by atoms with Crippen LogP contribution < -0.4 is 10.6 Å². The highest BCUT2D eigenvalue weighted by atomic mass is 16.4. The molecule has 0 spiro atoms. The first-order valence-electron chi connectivity index (χ1n) is 9.74. The average molecular weight is 413 g/mol. The molecule has 0 aliphatic heterocycles. The van der Waals surface area contributed by atoms with Crippen LogP contribution in [0.1, 0.15) is 36.3 Å². The molecule has 0 saturated heterocycles. The number of aliphatic hydroxyl groups excluding tert-OH is 1. The van der Waals surface area contributed by atoms with E-state index < -0.39 is 42.4 Å². The number of rotatable bonds is 10. The molecule has 8 heteroatoms. The minimum Gasteiger partial charge on any atom is -0.481 e. The van der Waals surface area contributed by atoms with Crippen LogP contribution in [-0.4, -0.2) is 51.2 Å². The highest BCUT2D eigenvalue weighted by molar-refractivity contribution is 5.96. The second-order valence-corrected chi connectivity index (χ2v) is 7.38. The Kier molecular flexibility index (Phi) is 8.49. The Labute approximate surface area is 175 Å². The number of aliphatic carboxylic acids is 1. The van der Waals surface area contributed by atoms with E-state index in [0.29, 0.717) is 0 Å². The molecule has 0 saturated carbocycles. The van der Waals surface area contributed by atoms with Crippen molar-refractivity contribution in [2.75, 3.05) is 0 Å². The normalized spacial score (nSPS) is 13.9. The highest BCUT2D eigenvalue weighted by Crippen LogP contribution is 2.11. The Balaban J connectivity index is 2.15. The number of hydrogen-bond acceptors (Lipinski definition) is 5. The van der Waals surface area contributed by atoms with Crippen LogP contribution in [0, 0.1) is 5.92 Å². The minimum atomic E-state index is -1.29. The summed E-state index contributed by atoms with van der Waals surface area (Å²) in [4.78, 5) is 40.4. The van der Waals surface area contributed by atoms with Gasteiger partial charge < -0.3 is 20.8 Å². The monoisotopic (exact) mass is 413 g/mol. The smallest absolute Gasteiger partial charge is 0.306 e. The maximum atomic E-state index is 12.9. The van der Waals surface area contributed by atoms with Crippen LogP contribution in [0.2, 0.25) is 0 Å². The third-order valence-corrected chi connectivity index (χ3v) is 4.61. The lowest BCUT2D eigenvalue weighted by atomic mass is 9.97. The van der Waals surface area contributed by atoms with Crippen LogP contribution in [0.15, 0.2) is 54.7 Å². The maximum Gasteiger partial charge on any atom is 0.306 e. The number of aromatic nitrogens is 1. The first-order valence-corrected chi connectivity index (χ1v) is 9.74. The maximum absolute atomic E-state index is 12.9. The summed E-state index contributed by atoms with van der Waals surface area (Å²) in [5, 5.41) is 24.8. The van der Waals surface area contributed by atoms with Crippen molar-refractivity contribution in [1.29, 1.82) is 0 Å². The number of pyridine rings is 1. The second-order valence-electron chi connectivity index (χ2n) is 7.38. The van der Waals surface area contributed by atoms with Crippen molar-refractivity contribution in [2.45, 2.75) is 44.9 Å². The van der Waals surface area contributed by atoms with Gasteiger partial charge in [0.1, 0.15) is 11.7 Å². The number of amides is 2. The number of nitrogens with one attached hydrogen (secondary N) is 2. The van der Waals surface area contributed by atoms with Gasteiger partial charge in [-0.3, -0.25) is 19.4 Å². The van der Waals surface area contributed by atoms with Crippen molar-refractivity contribution < 1.29 is 24.6 Å². The summed E-state index contributed by atoms with van der Waals surface area (Å²) in [6, 6.07) is 12.3. The van der Waals surface area contributed by atoms with Gasteiger partial charge in [0.25, 0.3) is 5.91 Å². The molecule has 8 nitrogen and oxygen atoms in total. The van der Waals surface area contributed by atoms with Gasteiger partial charge in [-0.2, -0.15) is 0 Å². The Morgan fingerprint density at radius 3 is 2.23 bits per heavy atom. The lowest BCUT2D eigenvalue weighted by molar-refractivity contribution is -0.140. The minimum absolute atomic E-state index is 0.183. The summed E-state index contributed by atoms with van der Waals surface area (Å²) < 4.78 is 0. The highest BCUT2D eigenvalue weighted by Gasteiger charge is 2.30. The predicted molar refractivity (Wildman–Crippen MR) is 111 cm³/mol. The number of carboxylic acid groups (broad SMARTS) is 1. The Morgan fingerprint density at radius 2 is 1.67 bits per heavy atom. The summed E-state index contributed by atoms with van der Waals surface area (Å²) >= 11 is 0. The lowest BCUT2D eigenvalue weighted by Gasteiger charge is -2.28. The van der Waals surface area contributed by atoms with Crippen LogP contribution in [0.3, 0.4) is 0 Å². The van der Waals surface area contributed by atoms with E-state index >= 15 is 0 Å². The number of nitrogens with zero attached hydrogens (tertiary/aromatic N) is 1. The van der Waals surface area contributed by atoms with Gasteiger partial charge in [-0.05, 0) is 30.0 Å². The molecule has 2 rings (SSSR count). The second kappa shape index (κ2) is 11.1. The molecule has 4 N–H and O–H groups in total. The molecular formula is C22H27N3O5. The molecular weight excluding hydrogens is 386 g/mol. The fraction of sp³-hybridized carbons (Fsp3) is 0.364. The third-order valence-electron chi connectivity index (χ3n) is 4.61. The summed E-state index contributed by atoms with van der Waals surface area (Å²) in [5.41, 5.74) is 1.02. The third kappa shape index (κ3) is 6.97. The van der Waals surface area contributed by atoms with Gasteiger partial charge in [-0.15, -0.1) is 0 Å². The van der Waals surface area contributed by atoms with Gasteiger partial charge >= 0.3 is 5.97 Å². The van der Waals surface area contributed by atoms with Crippen molar-refractivity contribution in [3.05, 3.63) is 66.0 Å². The van der Waals surface area contributed by atoms with E-state index in [1.54, 1.807) is 32.0 Å². The summed E-state index contributed by atoms with van der Waals surface area (Å²) in [6.45, 7) is 3.56. The number of hydrogen-bond donors (Lipinski definition) is 4. The fourth-order valence-electron chi connectivity index (χ4n) is 2.99. The Hall–Kier alpha value is -3.26. The van der Waals surface area contributed by atoms with Crippen LogP contribution in [0.25, 0.3) is 0 Å². The van der Waals surface area contributed by atoms with Crippen molar-refractivity contribution in [3.8, 4) is 0 Å². The summed E-state index contributed by atoms with van der Waals surface area (Å²) in [5.74, 6) is -2.40. The van der Waals surface area contributed by atoms with Gasteiger partial charge in [-0.1, -0.05) is 50.2 Å². The largest absolute Gasteiger partial charge is 0.481 e. The summed E-state index contributed by atoms with van der Waals surface area (Å²) in [7, 11) is 0. The predicted octanol–water partition coefficient (Wildman–Crippen LogP) is 1.40. The van der Waals surface area contributed by atoms with E-state index in [0.717, 1.165) is 5.56 Å². The van der Waals surface area contributed by atoms with Gasteiger partial charge in [0.15, 0.2) is 0 Å². The SMILES string of the molecule is CC(C)[C@H](NC(=O)c1ccccn1)C(=O)N[C@@H](Cc1ccccc1)[C@@H](O)CC(=O)O. The zero-order chi connectivity index (χ0) is 22.1. The van der Waals surface area contributed by atoms with Crippen molar-refractivity contribution >= 4 is 17.8 Å². The van der Waals surface area contributed by atoms with Crippen LogP contribution in [-0.2, 0) is 16.0 Å². The topological polar surface area (TPSA) is 129 Å². The zero-order valence-corrected chi connectivity index (χ0v) is 17.0. The molecule has 30 heavy (non-hydrogen) atoms. The van der Waals surface area contributed by atoms with Crippen LogP contribution >= 0.6 is 0 Å². The fourth-order valence-corrected chi connectivity index (χ4v) is 2.99. The number of benzene rings is 1. The van der Waals surface area contributed by atoms with E-state index in [2.05, 4.69) is 15.6 Å². The molecule has 160 valence electrons. The molecule has 3 atom stereocenters. The zero-order valence-electron chi connectivity index (χ0n) is 17.0. The van der Waals surface area contributed by atoms with Gasteiger partial charge in [0, 0.05) is 6.20 Å². The quantitative estimate of drug-likeness (QED) is 0.466. The number of carbonyl (C=O) groups is 3. The Bertz CT molecular complexity index is 842. The van der Waals surface area contributed by atoms with Crippen molar-refractivity contribution in [2.24, 2.45) is 5.92 Å². The van der Waals surface area contributed by atoms with Crippen molar-refractivity contribution in [1.82, 2.24) is 15.6 Å². The standard InChI is InChI=1S/C22H27N3O5/c1-14(2)20(25-21(29)16-10-6-7-11-23-16)22(30)24-17(18(26)13-19(27)28)12-15-8-4-3-5-9-15/h3-11,14,17-18,20,26H,12-13H2,1-2H3,(H,24,30)(H,25,29)(H,27,28)/t17-,18-,20-/m0/s1. The number of carboxylic acids is 1. The molecule has 0 fully saturated rings. The van der Waals surface area contributed by atoms with Gasteiger partial charge in [-0.25, -0.2) is 0 Å². The molecule has 1 heterocycles. The molecule has 2 aromatic rings. The van der Waals surface area contributed by atoms with Crippen LogP contribution in [0.4, 0.5) is 0 Å². The molecule has 1 aromatic heterocycles. The molecule has 0 unspecified atom stereocenters. The Morgan fingerprint density at radius 1 is 1.00 bits per heavy atom. The summed E-state index contributed by atoms with van der Waals surface area (Å²) in [6.07, 6.45) is -0.0620.